The first-order valence-electron chi connectivity index (χ1n) is 8.44. The highest BCUT2D eigenvalue weighted by atomic mass is 14.9. The van der Waals surface area contributed by atoms with Gasteiger partial charge in [-0.05, 0) is 55.8 Å². The van der Waals surface area contributed by atoms with Crippen molar-refractivity contribution in [3.8, 4) is 0 Å². The first-order valence-corrected chi connectivity index (χ1v) is 8.44. The van der Waals surface area contributed by atoms with E-state index in [-0.39, 0.29) is 0 Å². The second-order valence-electron chi connectivity index (χ2n) is 6.43. The average Bonchev–Trinajstić information content (AvgIpc) is 2.90. The fraction of sp³-hybridized carbons (Fsp3) is 0.611. The summed E-state index contributed by atoms with van der Waals surface area (Å²) in [6.07, 6.45) is 9.90. The summed E-state index contributed by atoms with van der Waals surface area (Å²) in [4.78, 5) is 4.59. The summed E-state index contributed by atoms with van der Waals surface area (Å²) in [7, 11) is 0. The summed E-state index contributed by atoms with van der Waals surface area (Å²) in [5.41, 5.74) is 11.1. The molecule has 0 aromatic heterocycles. The second-order valence-corrected chi connectivity index (χ2v) is 6.43. The van der Waals surface area contributed by atoms with Gasteiger partial charge in [0.05, 0.1) is 6.04 Å². The number of fused-ring (bicyclic) bond motifs is 1. The first-order chi connectivity index (χ1) is 10.3. The number of nitrogens with zero attached hydrogens (tertiary/aromatic N) is 1. The van der Waals surface area contributed by atoms with Crippen molar-refractivity contribution in [3.05, 3.63) is 28.8 Å². The van der Waals surface area contributed by atoms with E-state index in [1.807, 2.05) is 6.21 Å². The van der Waals surface area contributed by atoms with Gasteiger partial charge in [-0.1, -0.05) is 25.3 Å². The minimum Gasteiger partial charge on any atom is -0.384 e. The molecular weight excluding hydrogens is 258 g/mol. The molecule has 1 fully saturated rings. The zero-order valence-electron chi connectivity index (χ0n) is 13.1. The van der Waals surface area contributed by atoms with E-state index in [2.05, 4.69) is 29.4 Å². The average molecular weight is 285 g/mol. The van der Waals surface area contributed by atoms with Crippen molar-refractivity contribution in [1.29, 1.82) is 0 Å². The second kappa shape index (κ2) is 6.61. The van der Waals surface area contributed by atoms with E-state index < -0.39 is 0 Å². The van der Waals surface area contributed by atoms with Crippen LogP contribution in [0.4, 0.5) is 5.69 Å². The van der Waals surface area contributed by atoms with Crippen molar-refractivity contribution < 1.29 is 0 Å². The first kappa shape index (κ1) is 14.6. The van der Waals surface area contributed by atoms with Crippen LogP contribution in [-0.2, 0) is 0 Å². The Bertz CT molecular complexity index is 515. The predicted octanol–water partition coefficient (Wildman–Crippen LogP) is 3.99. The largest absolute Gasteiger partial charge is 0.384 e. The van der Waals surface area contributed by atoms with Crippen LogP contribution in [0.2, 0.25) is 0 Å². The highest BCUT2D eigenvalue weighted by molar-refractivity contribution is 5.93. The van der Waals surface area contributed by atoms with E-state index in [4.69, 9.17) is 5.73 Å². The third kappa shape index (κ3) is 3.13. The van der Waals surface area contributed by atoms with Crippen LogP contribution in [0.5, 0.6) is 0 Å². The van der Waals surface area contributed by atoms with Crippen LogP contribution in [0, 0.1) is 0 Å². The highest BCUT2D eigenvalue weighted by Crippen LogP contribution is 2.39. The maximum Gasteiger partial charge on any atom is 0.0728 e. The molecule has 1 aliphatic carbocycles. The fourth-order valence-corrected chi connectivity index (χ4v) is 3.60. The van der Waals surface area contributed by atoms with Crippen LogP contribution in [0.3, 0.4) is 0 Å². The van der Waals surface area contributed by atoms with Crippen molar-refractivity contribution in [2.45, 2.75) is 57.4 Å². The number of aliphatic imine (C=N–C) groups is 1. The lowest BCUT2D eigenvalue weighted by atomic mass is 9.82. The highest BCUT2D eigenvalue weighted by Gasteiger charge is 2.22. The lowest BCUT2D eigenvalue weighted by Crippen LogP contribution is -2.12. The molecule has 1 aromatic rings. The Kier molecular flexibility index (Phi) is 4.59. The molecule has 0 radical (unpaired) electrons. The van der Waals surface area contributed by atoms with Gasteiger partial charge in [-0.25, -0.2) is 0 Å². The third-order valence-electron chi connectivity index (χ3n) is 4.88. The van der Waals surface area contributed by atoms with Gasteiger partial charge in [0.2, 0.25) is 0 Å². The van der Waals surface area contributed by atoms with Gasteiger partial charge in [0.15, 0.2) is 0 Å². The molecule has 1 aromatic carbocycles. The number of nitrogens with two attached hydrogens (primary N) is 1. The molecule has 3 nitrogen and oxygen atoms in total. The van der Waals surface area contributed by atoms with E-state index >= 15 is 0 Å². The molecule has 0 bridgehead atoms. The Hall–Kier alpha value is -1.35. The van der Waals surface area contributed by atoms with Gasteiger partial charge in [-0.2, -0.15) is 0 Å². The summed E-state index contributed by atoms with van der Waals surface area (Å²) in [6, 6.07) is 5.09. The van der Waals surface area contributed by atoms with Gasteiger partial charge < -0.3 is 11.1 Å². The fourth-order valence-electron chi connectivity index (χ4n) is 3.60. The number of anilines is 1. The van der Waals surface area contributed by atoms with E-state index in [1.165, 1.54) is 54.5 Å². The quantitative estimate of drug-likeness (QED) is 0.804. The molecule has 1 atom stereocenters. The van der Waals surface area contributed by atoms with Crippen LogP contribution >= 0.6 is 0 Å². The minimum atomic E-state index is 0.304. The molecule has 0 amide bonds. The third-order valence-corrected chi connectivity index (χ3v) is 4.88. The van der Waals surface area contributed by atoms with E-state index in [1.54, 1.807) is 0 Å². The SMILES string of the molecule is CC1N=Cc2c(NCCCN)cc(C3CCCCC3)cc21. The molecule has 114 valence electrons. The summed E-state index contributed by atoms with van der Waals surface area (Å²) >= 11 is 0. The molecule has 1 heterocycles. The topological polar surface area (TPSA) is 50.4 Å². The van der Waals surface area contributed by atoms with Gasteiger partial charge in [0.1, 0.15) is 0 Å². The van der Waals surface area contributed by atoms with Crippen molar-refractivity contribution in [2.75, 3.05) is 18.4 Å². The van der Waals surface area contributed by atoms with Crippen LogP contribution in [-0.4, -0.2) is 19.3 Å². The van der Waals surface area contributed by atoms with Gasteiger partial charge >= 0.3 is 0 Å². The Morgan fingerprint density at radius 3 is 2.81 bits per heavy atom. The zero-order valence-corrected chi connectivity index (χ0v) is 13.1. The molecule has 1 saturated carbocycles. The summed E-state index contributed by atoms with van der Waals surface area (Å²) in [6.45, 7) is 3.87. The minimum absolute atomic E-state index is 0.304. The molecule has 2 aliphatic rings. The molecule has 3 N–H and O–H groups in total. The van der Waals surface area contributed by atoms with Crippen molar-refractivity contribution in [1.82, 2.24) is 0 Å². The summed E-state index contributed by atoms with van der Waals surface area (Å²) in [5.74, 6) is 0.743. The Balaban J connectivity index is 1.88. The molecule has 3 rings (SSSR count). The van der Waals surface area contributed by atoms with Gasteiger partial charge in [-0.15, -0.1) is 0 Å². The van der Waals surface area contributed by atoms with E-state index in [0.29, 0.717) is 6.04 Å². The van der Waals surface area contributed by atoms with Gasteiger partial charge in [0.25, 0.3) is 0 Å². The number of benzene rings is 1. The van der Waals surface area contributed by atoms with Crippen LogP contribution < -0.4 is 11.1 Å². The zero-order chi connectivity index (χ0) is 14.7. The molecule has 3 heteroatoms. The van der Waals surface area contributed by atoms with E-state index in [9.17, 15) is 0 Å². The standard InChI is InChI=1S/C18H27N3/c1-13-16-10-15(14-6-3-2-4-7-14)11-18(17(16)12-21-13)20-9-5-8-19/h10-14,20H,2-9,19H2,1H3. The van der Waals surface area contributed by atoms with Crippen LogP contribution in [0.15, 0.2) is 17.1 Å². The smallest absolute Gasteiger partial charge is 0.0728 e. The van der Waals surface area contributed by atoms with Crippen molar-refractivity contribution in [3.63, 3.8) is 0 Å². The maximum absolute atomic E-state index is 5.61. The molecule has 0 spiro atoms. The monoisotopic (exact) mass is 285 g/mol. The summed E-state index contributed by atoms with van der Waals surface area (Å²) in [5, 5.41) is 3.57. The lowest BCUT2D eigenvalue weighted by Gasteiger charge is -2.24. The molecule has 1 aliphatic heterocycles. The summed E-state index contributed by atoms with van der Waals surface area (Å²) < 4.78 is 0. The number of nitrogens with one attached hydrogen (secondary N) is 1. The van der Waals surface area contributed by atoms with Gasteiger partial charge in [-0.3, -0.25) is 4.99 Å². The number of hydrogen-bond acceptors (Lipinski definition) is 3. The Morgan fingerprint density at radius 2 is 2.05 bits per heavy atom. The maximum atomic E-state index is 5.61. The Labute approximate surface area is 128 Å². The van der Waals surface area contributed by atoms with E-state index in [0.717, 1.165) is 25.4 Å². The molecule has 1 unspecified atom stereocenters. The lowest BCUT2D eigenvalue weighted by molar-refractivity contribution is 0.443. The van der Waals surface area contributed by atoms with Crippen LogP contribution in [0.25, 0.3) is 0 Å². The molecule has 21 heavy (non-hydrogen) atoms. The molecular formula is C18H27N3. The molecule has 0 saturated heterocycles. The van der Waals surface area contributed by atoms with Crippen molar-refractivity contribution >= 4 is 11.9 Å². The number of rotatable bonds is 5. The number of hydrogen-bond donors (Lipinski definition) is 2. The van der Waals surface area contributed by atoms with Gasteiger partial charge in [0, 0.05) is 24.0 Å². The Morgan fingerprint density at radius 1 is 1.24 bits per heavy atom. The van der Waals surface area contributed by atoms with Crippen molar-refractivity contribution in [2.24, 2.45) is 10.7 Å². The normalized spacial score (nSPS) is 21.5. The predicted molar refractivity (Wildman–Crippen MR) is 90.4 cm³/mol. The van der Waals surface area contributed by atoms with Crippen LogP contribution in [0.1, 0.15) is 74.1 Å².